The molecule has 0 unspecified atom stereocenters. The minimum Gasteiger partial charge on any atom is -0.289 e. The van der Waals surface area contributed by atoms with E-state index in [1.807, 2.05) is 0 Å². The lowest BCUT2D eigenvalue weighted by molar-refractivity contribution is 0.104. The predicted octanol–water partition coefficient (Wildman–Crippen LogP) is 2.86. The molecule has 0 aromatic heterocycles. The van der Waals surface area contributed by atoms with E-state index in [9.17, 15) is 4.79 Å². The van der Waals surface area contributed by atoms with Gasteiger partial charge in [0, 0.05) is 16.7 Å². The monoisotopic (exact) mass is 178 g/mol. The average molecular weight is 179 g/mol. The maximum absolute atomic E-state index is 11.2. The summed E-state index contributed by atoms with van der Waals surface area (Å²) in [6, 6.07) is 6.75. The number of halogens is 1. The molecule has 0 aliphatic heterocycles. The smallest absolute Gasteiger partial charge is 0.193 e. The van der Waals surface area contributed by atoms with Gasteiger partial charge >= 0.3 is 0 Å². The average Bonchev–Trinajstić information content (AvgIpc) is 2.05. The molecule has 0 amide bonds. The zero-order chi connectivity index (χ0) is 8.97. The number of ketones is 1. The Bertz CT molecular complexity index is 349. The number of benzene rings is 1. The zero-order valence-electron chi connectivity index (χ0n) is 6.38. The van der Waals surface area contributed by atoms with Crippen molar-refractivity contribution in [2.45, 2.75) is 0 Å². The third kappa shape index (κ3) is 2.09. The van der Waals surface area contributed by atoms with E-state index in [1.165, 1.54) is 6.08 Å². The van der Waals surface area contributed by atoms with Crippen LogP contribution in [0.5, 0.6) is 0 Å². The summed E-state index contributed by atoms with van der Waals surface area (Å²) in [6.07, 6.45) is 1.28. The normalized spacial score (nSPS) is 8.75. The second-order valence-electron chi connectivity index (χ2n) is 2.22. The van der Waals surface area contributed by atoms with Crippen molar-refractivity contribution in [3.63, 3.8) is 0 Å². The number of allylic oxidation sites excluding steroid dienone is 1. The maximum atomic E-state index is 11.2. The molecule has 60 valence electrons. The number of rotatable bonds is 2. The second-order valence-corrected chi connectivity index (χ2v) is 2.66. The van der Waals surface area contributed by atoms with Gasteiger partial charge in [0.1, 0.15) is 0 Å². The van der Waals surface area contributed by atoms with Crippen LogP contribution in [-0.2, 0) is 0 Å². The van der Waals surface area contributed by atoms with E-state index in [4.69, 9.17) is 11.6 Å². The molecule has 1 aromatic rings. The molecule has 0 fully saturated rings. The highest BCUT2D eigenvalue weighted by Gasteiger charge is 2.00. The summed E-state index contributed by atoms with van der Waals surface area (Å²) in [5, 5.41) is 0.554. The Morgan fingerprint density at radius 1 is 1.58 bits per heavy atom. The summed E-state index contributed by atoms with van der Waals surface area (Å²) in [6.45, 7) is 3.31. The van der Waals surface area contributed by atoms with Gasteiger partial charge in [-0.3, -0.25) is 4.79 Å². The summed E-state index contributed by atoms with van der Waals surface area (Å²) in [5.41, 5.74) is 2.97. The van der Waals surface area contributed by atoms with Gasteiger partial charge in [0.25, 0.3) is 0 Å². The van der Waals surface area contributed by atoms with Gasteiger partial charge in [-0.25, -0.2) is 0 Å². The molecule has 1 rings (SSSR count). The van der Waals surface area contributed by atoms with Crippen LogP contribution >= 0.6 is 11.6 Å². The number of carbonyl (C=O) groups is 1. The van der Waals surface area contributed by atoms with Gasteiger partial charge in [-0.1, -0.05) is 30.3 Å². The van der Waals surface area contributed by atoms with Crippen molar-refractivity contribution in [2.24, 2.45) is 0 Å². The summed E-state index contributed by atoms with van der Waals surface area (Å²) in [4.78, 5) is 11.2. The molecule has 0 atom stereocenters. The molecule has 0 bridgehead atoms. The molecule has 1 aromatic carbocycles. The molecule has 0 heterocycles. The Morgan fingerprint density at radius 3 is 2.92 bits per heavy atom. The highest BCUT2D eigenvalue weighted by Crippen LogP contribution is 2.11. The standard InChI is InChI=1S/C10H7ClO/c1-2-4-10(12)8-5-3-6-9(11)7-8/h3-7H,1H2. The van der Waals surface area contributed by atoms with Crippen molar-refractivity contribution >= 4 is 17.4 Å². The van der Waals surface area contributed by atoms with Crippen molar-refractivity contribution < 1.29 is 4.79 Å². The van der Waals surface area contributed by atoms with Crippen LogP contribution in [0, 0.1) is 0 Å². The predicted molar refractivity (Wildman–Crippen MR) is 49.5 cm³/mol. The quantitative estimate of drug-likeness (QED) is 0.387. The largest absolute Gasteiger partial charge is 0.289 e. The first-order valence-corrected chi connectivity index (χ1v) is 3.77. The fourth-order valence-corrected chi connectivity index (χ4v) is 1.01. The van der Waals surface area contributed by atoms with Crippen LogP contribution in [0.4, 0.5) is 0 Å². The lowest BCUT2D eigenvalue weighted by atomic mass is 10.1. The van der Waals surface area contributed by atoms with Crippen LogP contribution in [0.3, 0.4) is 0 Å². The van der Waals surface area contributed by atoms with Gasteiger partial charge in [-0.2, -0.15) is 0 Å². The van der Waals surface area contributed by atoms with Gasteiger partial charge in [0.05, 0.1) is 0 Å². The fraction of sp³-hybridized carbons (Fsp3) is 0. The van der Waals surface area contributed by atoms with Gasteiger partial charge in [-0.15, -0.1) is 5.73 Å². The lowest BCUT2D eigenvalue weighted by Gasteiger charge is -1.94. The topological polar surface area (TPSA) is 17.1 Å². The first kappa shape index (κ1) is 8.79. The van der Waals surface area contributed by atoms with Crippen molar-refractivity contribution in [3.8, 4) is 0 Å². The molecule has 0 saturated carbocycles. The Morgan fingerprint density at radius 2 is 2.33 bits per heavy atom. The van der Waals surface area contributed by atoms with Crippen molar-refractivity contribution in [2.75, 3.05) is 0 Å². The SMILES string of the molecule is C=C=CC(=O)c1cccc(Cl)c1. The highest BCUT2D eigenvalue weighted by molar-refractivity contribution is 6.31. The summed E-state index contributed by atoms with van der Waals surface area (Å²) in [5.74, 6) is -0.132. The van der Waals surface area contributed by atoms with Crippen molar-refractivity contribution in [1.82, 2.24) is 0 Å². The molecule has 0 spiro atoms. The molecular weight excluding hydrogens is 172 g/mol. The first-order valence-electron chi connectivity index (χ1n) is 3.40. The van der Waals surface area contributed by atoms with Crippen LogP contribution in [-0.4, -0.2) is 5.78 Å². The molecule has 0 N–H and O–H groups in total. The number of carbonyl (C=O) groups excluding carboxylic acids is 1. The van der Waals surface area contributed by atoms with Gasteiger partial charge < -0.3 is 0 Å². The van der Waals surface area contributed by atoms with Gasteiger partial charge in [0.2, 0.25) is 0 Å². The number of hydrogen-bond acceptors (Lipinski definition) is 1. The van der Waals surface area contributed by atoms with E-state index in [1.54, 1.807) is 24.3 Å². The van der Waals surface area contributed by atoms with Crippen molar-refractivity contribution in [3.05, 3.63) is 53.2 Å². The minimum atomic E-state index is -0.132. The van der Waals surface area contributed by atoms with Crippen LogP contribution in [0.1, 0.15) is 10.4 Å². The minimum absolute atomic E-state index is 0.132. The Hall–Kier alpha value is -1.30. The lowest BCUT2D eigenvalue weighted by Crippen LogP contribution is -1.92. The van der Waals surface area contributed by atoms with E-state index < -0.39 is 0 Å². The summed E-state index contributed by atoms with van der Waals surface area (Å²) in [7, 11) is 0. The van der Waals surface area contributed by atoms with Crippen LogP contribution in [0.15, 0.2) is 42.7 Å². The summed E-state index contributed by atoms with van der Waals surface area (Å²) >= 11 is 5.69. The van der Waals surface area contributed by atoms with Crippen LogP contribution < -0.4 is 0 Å². The van der Waals surface area contributed by atoms with Gasteiger partial charge in [-0.05, 0) is 12.1 Å². The van der Waals surface area contributed by atoms with Crippen LogP contribution in [0.2, 0.25) is 5.02 Å². The molecule has 1 nitrogen and oxygen atoms in total. The Kier molecular flexibility index (Phi) is 2.87. The van der Waals surface area contributed by atoms with Gasteiger partial charge in [0.15, 0.2) is 5.78 Å². The molecule has 0 saturated heterocycles. The zero-order valence-corrected chi connectivity index (χ0v) is 7.14. The Balaban J connectivity index is 3.03. The third-order valence-corrected chi connectivity index (χ3v) is 1.58. The second kappa shape index (κ2) is 3.91. The van der Waals surface area contributed by atoms with E-state index in [2.05, 4.69) is 12.3 Å². The molecule has 0 aliphatic carbocycles. The van der Waals surface area contributed by atoms with E-state index in [0.29, 0.717) is 10.6 Å². The number of hydrogen-bond donors (Lipinski definition) is 0. The van der Waals surface area contributed by atoms with E-state index in [0.717, 1.165) is 0 Å². The molecular formula is C10H7ClO. The molecule has 0 aliphatic rings. The van der Waals surface area contributed by atoms with E-state index in [-0.39, 0.29) is 5.78 Å². The van der Waals surface area contributed by atoms with Crippen LogP contribution in [0.25, 0.3) is 0 Å². The highest BCUT2D eigenvalue weighted by atomic mass is 35.5. The Labute approximate surface area is 76.0 Å². The van der Waals surface area contributed by atoms with E-state index >= 15 is 0 Å². The third-order valence-electron chi connectivity index (χ3n) is 1.34. The molecule has 0 radical (unpaired) electrons. The molecule has 12 heavy (non-hydrogen) atoms. The fourth-order valence-electron chi connectivity index (χ4n) is 0.818. The van der Waals surface area contributed by atoms with Crippen molar-refractivity contribution in [1.29, 1.82) is 0 Å². The maximum Gasteiger partial charge on any atom is 0.193 e. The molecule has 2 heteroatoms. The first-order chi connectivity index (χ1) is 5.74. The summed E-state index contributed by atoms with van der Waals surface area (Å²) < 4.78 is 0.